The van der Waals surface area contributed by atoms with Gasteiger partial charge >= 0.3 is 0 Å². The summed E-state index contributed by atoms with van der Waals surface area (Å²) in [6.07, 6.45) is 0. The van der Waals surface area contributed by atoms with Crippen LogP contribution in [0.5, 0.6) is 0 Å². The van der Waals surface area contributed by atoms with Crippen molar-refractivity contribution in [3.63, 3.8) is 0 Å². The molecular formula is C14H11ClS. The van der Waals surface area contributed by atoms with E-state index in [1.807, 2.05) is 23.9 Å². The van der Waals surface area contributed by atoms with Gasteiger partial charge in [0, 0.05) is 15.5 Å². The fourth-order valence-electron chi connectivity index (χ4n) is 1.91. The Morgan fingerprint density at radius 1 is 0.750 bits per heavy atom. The van der Waals surface area contributed by atoms with Crippen LogP contribution in [-0.4, -0.2) is 0 Å². The minimum atomic E-state index is 0.611. The first-order chi connectivity index (χ1) is 7.84. The molecule has 0 aliphatic carbocycles. The summed E-state index contributed by atoms with van der Waals surface area (Å²) in [5, 5.41) is 2.05. The van der Waals surface area contributed by atoms with Gasteiger partial charge in [-0.3, -0.25) is 0 Å². The van der Waals surface area contributed by atoms with Crippen LogP contribution in [0.15, 0.2) is 54.6 Å². The molecule has 1 aliphatic heterocycles. The molecule has 0 spiro atoms. The van der Waals surface area contributed by atoms with Crippen molar-refractivity contribution in [1.82, 2.24) is 0 Å². The van der Waals surface area contributed by atoms with Crippen molar-refractivity contribution >= 4 is 23.4 Å². The van der Waals surface area contributed by atoms with E-state index in [0.29, 0.717) is 10.5 Å². The van der Waals surface area contributed by atoms with Crippen molar-refractivity contribution in [2.24, 2.45) is 0 Å². The molecule has 2 heteroatoms. The van der Waals surface area contributed by atoms with Gasteiger partial charge in [-0.2, -0.15) is 0 Å². The lowest BCUT2D eigenvalue weighted by Gasteiger charge is -1.99. The Kier molecular flexibility index (Phi) is 2.66. The third kappa shape index (κ3) is 1.98. The lowest BCUT2D eigenvalue weighted by Crippen LogP contribution is -1.83. The van der Waals surface area contributed by atoms with E-state index < -0.39 is 0 Å². The normalized spacial score (nSPS) is 23.1. The largest absolute Gasteiger partial charge is 0.143 e. The average Bonchev–Trinajstić information content (AvgIpc) is 3.11. The topological polar surface area (TPSA) is 0 Å². The van der Waals surface area contributed by atoms with E-state index in [-0.39, 0.29) is 0 Å². The van der Waals surface area contributed by atoms with Gasteiger partial charge in [0.05, 0.1) is 0 Å². The minimum Gasteiger partial charge on any atom is -0.143 e. The van der Waals surface area contributed by atoms with Crippen LogP contribution >= 0.6 is 23.4 Å². The molecule has 80 valence electrons. The molecule has 2 atom stereocenters. The van der Waals surface area contributed by atoms with E-state index >= 15 is 0 Å². The van der Waals surface area contributed by atoms with Gasteiger partial charge in [-0.25, -0.2) is 0 Å². The number of benzene rings is 2. The van der Waals surface area contributed by atoms with Gasteiger partial charge in [0.25, 0.3) is 0 Å². The summed E-state index contributed by atoms with van der Waals surface area (Å²) < 4.78 is 0. The Morgan fingerprint density at radius 3 is 1.94 bits per heavy atom. The fourth-order valence-corrected chi connectivity index (χ4v) is 3.21. The van der Waals surface area contributed by atoms with E-state index in [1.165, 1.54) is 11.1 Å². The summed E-state index contributed by atoms with van der Waals surface area (Å²) >= 11 is 7.89. The average molecular weight is 247 g/mol. The summed E-state index contributed by atoms with van der Waals surface area (Å²) in [5.74, 6) is 0. The molecule has 0 amide bonds. The molecule has 3 rings (SSSR count). The van der Waals surface area contributed by atoms with Gasteiger partial charge in [0.1, 0.15) is 0 Å². The SMILES string of the molecule is Clc1ccc([C@H]2S[C@@H]2c2ccccc2)cc1. The lowest BCUT2D eigenvalue weighted by molar-refractivity contribution is 1.03. The molecule has 2 aromatic carbocycles. The summed E-state index contributed by atoms with van der Waals surface area (Å²) in [4.78, 5) is 0. The first kappa shape index (κ1) is 10.2. The van der Waals surface area contributed by atoms with Crippen molar-refractivity contribution in [2.75, 3.05) is 0 Å². The molecule has 1 saturated heterocycles. The lowest BCUT2D eigenvalue weighted by atomic mass is 10.0. The summed E-state index contributed by atoms with van der Waals surface area (Å²) in [7, 11) is 0. The fraction of sp³-hybridized carbons (Fsp3) is 0.143. The summed E-state index contributed by atoms with van der Waals surface area (Å²) in [6, 6.07) is 18.9. The van der Waals surface area contributed by atoms with Crippen LogP contribution in [0.25, 0.3) is 0 Å². The second-order valence-electron chi connectivity index (χ2n) is 3.94. The van der Waals surface area contributed by atoms with Gasteiger partial charge < -0.3 is 0 Å². The maximum atomic E-state index is 5.88. The Hall–Kier alpha value is -0.920. The van der Waals surface area contributed by atoms with E-state index in [1.54, 1.807) is 0 Å². The highest BCUT2D eigenvalue weighted by Gasteiger charge is 2.40. The number of halogens is 1. The molecule has 16 heavy (non-hydrogen) atoms. The maximum absolute atomic E-state index is 5.88. The predicted molar refractivity (Wildman–Crippen MR) is 71.0 cm³/mol. The zero-order valence-corrected chi connectivity index (χ0v) is 10.2. The van der Waals surface area contributed by atoms with Crippen molar-refractivity contribution in [3.05, 3.63) is 70.7 Å². The second-order valence-corrected chi connectivity index (χ2v) is 5.66. The van der Waals surface area contributed by atoms with Crippen LogP contribution in [-0.2, 0) is 0 Å². The quantitative estimate of drug-likeness (QED) is 0.682. The zero-order chi connectivity index (χ0) is 11.0. The second kappa shape index (κ2) is 4.15. The first-order valence-electron chi connectivity index (χ1n) is 5.30. The predicted octanol–water partition coefficient (Wildman–Crippen LogP) is 4.87. The number of thioether (sulfide) groups is 1. The molecule has 0 saturated carbocycles. The van der Waals surface area contributed by atoms with Crippen LogP contribution in [0, 0.1) is 0 Å². The highest BCUT2D eigenvalue weighted by Crippen LogP contribution is 2.65. The van der Waals surface area contributed by atoms with E-state index in [0.717, 1.165) is 5.02 Å². The van der Waals surface area contributed by atoms with Crippen LogP contribution in [0.4, 0.5) is 0 Å². The number of hydrogen-bond donors (Lipinski definition) is 0. The standard InChI is InChI=1S/C14H11ClS/c15-12-8-6-11(7-9-12)14-13(16-14)10-4-2-1-3-5-10/h1-9,13-14H/t13-,14-/m1/s1. The molecule has 1 aliphatic rings. The molecule has 0 nitrogen and oxygen atoms in total. The Balaban J connectivity index is 1.79. The highest BCUT2D eigenvalue weighted by molar-refractivity contribution is 8.06. The Bertz CT molecular complexity index is 478. The van der Waals surface area contributed by atoms with Crippen LogP contribution in [0.2, 0.25) is 5.02 Å². The zero-order valence-electron chi connectivity index (χ0n) is 8.64. The van der Waals surface area contributed by atoms with Crippen molar-refractivity contribution in [3.8, 4) is 0 Å². The van der Waals surface area contributed by atoms with Gasteiger partial charge in [0.15, 0.2) is 0 Å². The van der Waals surface area contributed by atoms with Crippen molar-refractivity contribution in [2.45, 2.75) is 10.5 Å². The summed E-state index contributed by atoms with van der Waals surface area (Å²) in [5.41, 5.74) is 2.80. The van der Waals surface area contributed by atoms with E-state index in [9.17, 15) is 0 Å². The van der Waals surface area contributed by atoms with Crippen LogP contribution in [0.1, 0.15) is 21.6 Å². The molecule has 0 radical (unpaired) electrons. The van der Waals surface area contributed by atoms with Crippen molar-refractivity contribution in [1.29, 1.82) is 0 Å². The molecule has 0 aromatic heterocycles. The number of rotatable bonds is 2. The van der Waals surface area contributed by atoms with Crippen molar-refractivity contribution < 1.29 is 0 Å². The summed E-state index contributed by atoms with van der Waals surface area (Å²) in [6.45, 7) is 0. The molecule has 2 aromatic rings. The van der Waals surface area contributed by atoms with E-state index in [4.69, 9.17) is 11.6 Å². The first-order valence-corrected chi connectivity index (χ1v) is 6.62. The molecular weight excluding hydrogens is 236 g/mol. The third-order valence-electron chi connectivity index (χ3n) is 2.82. The minimum absolute atomic E-state index is 0.611. The Labute approximate surface area is 105 Å². The molecule has 0 bridgehead atoms. The number of hydrogen-bond acceptors (Lipinski definition) is 1. The molecule has 1 heterocycles. The molecule has 1 fully saturated rings. The smallest absolute Gasteiger partial charge is 0.0463 e. The molecule has 0 N–H and O–H groups in total. The van der Waals surface area contributed by atoms with Gasteiger partial charge in [-0.05, 0) is 23.3 Å². The highest BCUT2D eigenvalue weighted by atomic mass is 35.5. The van der Waals surface area contributed by atoms with Gasteiger partial charge in [-0.15, -0.1) is 11.8 Å². The van der Waals surface area contributed by atoms with E-state index in [2.05, 4.69) is 42.5 Å². The van der Waals surface area contributed by atoms with Gasteiger partial charge in [-0.1, -0.05) is 54.1 Å². The maximum Gasteiger partial charge on any atom is 0.0463 e. The molecule has 0 unspecified atom stereocenters. The Morgan fingerprint density at radius 2 is 1.31 bits per heavy atom. The van der Waals surface area contributed by atoms with Gasteiger partial charge in [0.2, 0.25) is 0 Å². The van der Waals surface area contributed by atoms with Crippen LogP contribution < -0.4 is 0 Å². The monoisotopic (exact) mass is 246 g/mol. The van der Waals surface area contributed by atoms with Crippen LogP contribution in [0.3, 0.4) is 0 Å². The third-order valence-corrected chi connectivity index (χ3v) is 4.43.